The van der Waals surface area contributed by atoms with Crippen LogP contribution in [0.2, 0.25) is 0 Å². The van der Waals surface area contributed by atoms with Crippen molar-refractivity contribution in [3.8, 4) is 5.75 Å². The first-order valence-corrected chi connectivity index (χ1v) is 29.0. The van der Waals surface area contributed by atoms with Crippen LogP contribution in [0.1, 0.15) is 61.8 Å². The number of H-pyrrole nitrogens is 2. The number of aromatic amines is 2. The lowest BCUT2D eigenvalue weighted by Crippen LogP contribution is -2.61. The normalized spacial score (nSPS) is 14.0. The summed E-state index contributed by atoms with van der Waals surface area (Å²) in [4.78, 5) is 147. The van der Waals surface area contributed by atoms with E-state index in [1.165, 1.54) is 19.2 Å². The van der Waals surface area contributed by atoms with Crippen LogP contribution in [-0.4, -0.2) is 154 Å². The van der Waals surface area contributed by atoms with Gasteiger partial charge in [-0.05, 0) is 78.1 Å². The van der Waals surface area contributed by atoms with E-state index in [1.54, 1.807) is 93.0 Å². The van der Waals surface area contributed by atoms with E-state index in [0.29, 0.717) is 27.6 Å². The van der Waals surface area contributed by atoms with Crippen molar-refractivity contribution in [3.63, 3.8) is 0 Å². The lowest BCUT2D eigenvalue weighted by Gasteiger charge is -2.26. The first kappa shape index (κ1) is 68.6. The fraction of sp³-hybridized carbons (Fsp3) is 0.361. The number of phenols is 1. The minimum atomic E-state index is -1.84. The summed E-state index contributed by atoms with van der Waals surface area (Å²) < 4.78 is 0. The molecule has 0 radical (unpaired) electrons. The van der Waals surface area contributed by atoms with Gasteiger partial charge in [0.2, 0.25) is 47.3 Å². The zero-order valence-electron chi connectivity index (χ0n) is 50.0. The molecule has 2 aromatic heterocycles. The molecule has 0 aliphatic carbocycles. The topological polar surface area (TPSA) is 479 Å². The van der Waals surface area contributed by atoms with Crippen molar-refractivity contribution in [2.45, 2.75) is 114 Å². The predicted octanol–water partition coefficient (Wildman–Crippen LogP) is -1.73. The molecule has 90 heavy (non-hydrogen) atoms. The summed E-state index contributed by atoms with van der Waals surface area (Å²) in [6, 6.07) is 16.1. The first-order valence-electron chi connectivity index (χ1n) is 29.0. The average Bonchev–Trinajstić information content (AvgIpc) is 2.66. The molecule has 6 aromatic rings. The monoisotopic (exact) mass is 1240 g/mol. The van der Waals surface area contributed by atoms with Gasteiger partial charge in [0.1, 0.15) is 48.0 Å². The van der Waals surface area contributed by atoms with Gasteiger partial charge in [0.05, 0.1) is 19.1 Å². The number of aliphatic hydroxyl groups is 1. The van der Waals surface area contributed by atoms with Gasteiger partial charge in [-0.3, -0.25) is 53.6 Å². The third-order valence-corrected chi connectivity index (χ3v) is 14.5. The minimum absolute atomic E-state index is 0.000726. The van der Waals surface area contributed by atoms with Crippen molar-refractivity contribution in [2.75, 3.05) is 20.2 Å². The number of benzene rings is 4. The van der Waals surface area contributed by atoms with Gasteiger partial charge in [-0.2, -0.15) is 0 Å². The predicted molar refractivity (Wildman–Crippen MR) is 333 cm³/mol. The Morgan fingerprint density at radius 2 is 1.01 bits per heavy atom. The van der Waals surface area contributed by atoms with Crippen molar-refractivity contribution < 1.29 is 58.2 Å². The fourth-order valence-electron chi connectivity index (χ4n) is 9.73. The van der Waals surface area contributed by atoms with Gasteiger partial charge in [-0.15, -0.1) is 0 Å². The fourth-order valence-corrected chi connectivity index (χ4v) is 9.73. The lowest BCUT2D eigenvalue weighted by molar-refractivity contribution is -0.136. The molecule has 29 nitrogen and oxygen atoms in total. The van der Waals surface area contributed by atoms with E-state index in [4.69, 9.17) is 22.9 Å². The van der Waals surface area contributed by atoms with Crippen molar-refractivity contribution >= 4 is 87.0 Å². The van der Waals surface area contributed by atoms with Crippen molar-refractivity contribution in [1.82, 2.24) is 63.4 Å². The Morgan fingerprint density at radius 3 is 1.60 bits per heavy atom. The van der Waals surface area contributed by atoms with E-state index in [9.17, 15) is 58.2 Å². The molecule has 0 bridgehead atoms. The largest absolute Gasteiger partial charge is 0.508 e. The van der Waals surface area contributed by atoms with E-state index >= 15 is 0 Å². The number of aromatic hydroxyl groups is 1. The van der Waals surface area contributed by atoms with E-state index in [-0.39, 0.29) is 69.1 Å². The number of nitrogens with two attached hydrogens (primary N) is 4. The molecule has 11 amide bonds. The second kappa shape index (κ2) is 33.5. The quantitative estimate of drug-likeness (QED) is 0.00967. The van der Waals surface area contributed by atoms with Gasteiger partial charge in [-0.25, -0.2) is 10.2 Å². The number of amides is 11. The Balaban J connectivity index is 1.12. The number of carbonyl (C=O) groups excluding carboxylic acids is 10. The van der Waals surface area contributed by atoms with Crippen LogP contribution < -0.4 is 76.3 Å². The molecule has 0 unspecified atom stereocenters. The van der Waals surface area contributed by atoms with Gasteiger partial charge in [0.15, 0.2) is 5.96 Å². The van der Waals surface area contributed by atoms with Crippen molar-refractivity contribution in [1.29, 1.82) is 0 Å². The number of hydrogen-bond donors (Lipinski definition) is 18. The van der Waals surface area contributed by atoms with Crippen molar-refractivity contribution in [3.05, 3.63) is 138 Å². The molecule has 8 atom stereocenters. The molecule has 4 aromatic carbocycles. The van der Waals surface area contributed by atoms with Crippen LogP contribution in [-0.2, 0) is 68.8 Å². The third kappa shape index (κ3) is 20.8. The average molecular weight is 1240 g/mol. The Bertz CT molecular complexity index is 3500. The number of nitrogens with one attached hydrogen (secondary N) is 12. The smallest absolute Gasteiger partial charge is 0.334 e. The van der Waals surface area contributed by atoms with Gasteiger partial charge in [0, 0.05) is 67.1 Å². The highest BCUT2D eigenvalue weighted by molar-refractivity contribution is 5.99. The maximum absolute atomic E-state index is 14.2. The lowest BCUT2D eigenvalue weighted by atomic mass is 10.0. The highest BCUT2D eigenvalue weighted by Crippen LogP contribution is 2.21. The molecule has 29 heteroatoms. The van der Waals surface area contributed by atoms with E-state index in [0.717, 1.165) is 16.4 Å². The maximum Gasteiger partial charge on any atom is 0.334 e. The molecule has 0 saturated carbocycles. The van der Waals surface area contributed by atoms with Crippen molar-refractivity contribution in [2.24, 2.45) is 33.8 Å². The van der Waals surface area contributed by atoms with Gasteiger partial charge in [-0.1, -0.05) is 92.7 Å². The number of hydrazine groups is 1. The summed E-state index contributed by atoms with van der Waals surface area (Å²) in [5, 5.41) is 42.3. The molecule has 0 spiro atoms. The minimum Gasteiger partial charge on any atom is -0.508 e. The van der Waals surface area contributed by atoms with Crippen LogP contribution in [0.25, 0.3) is 21.8 Å². The van der Waals surface area contributed by atoms with E-state index in [2.05, 4.69) is 68.3 Å². The summed E-state index contributed by atoms with van der Waals surface area (Å²) in [7, 11) is 1.48. The zero-order chi connectivity index (χ0) is 65.4. The maximum atomic E-state index is 14.2. The van der Waals surface area contributed by atoms with Gasteiger partial charge >= 0.3 is 6.03 Å². The molecular formula is C61H79N17O12. The first-order chi connectivity index (χ1) is 43.0. The highest BCUT2D eigenvalue weighted by Gasteiger charge is 2.35. The summed E-state index contributed by atoms with van der Waals surface area (Å²) in [6.45, 7) is 2.71. The van der Waals surface area contributed by atoms with E-state index < -0.39 is 121 Å². The molecule has 0 aliphatic rings. The standard InChI is InChI=1S/C61H79N17O12/c1-33(2)24-46(55(85)70-44(18-11-23-67-60(65)66-3)54(84)71-45(52(64)82)27-36-30-68-42-16-9-7-14-39(36)42)76-61(90)78-77-59(89)47(26-34-12-5-4-6-13-34)73-58(88)50(32-79)75-57(87)49(29-51(63)81)74-56(86)48(28-37-31-69-43-17-10-8-15-40(37)43)72-53(83)41(62)25-35-19-21-38(80)22-20-35/h4-10,12-17,19-22,30-31,33,41,44-50,68-69,79-80H,11,18,23-29,32,62H2,1-3H3,(H2,63,81)(H2,64,82)(H,70,85)(H,71,84)(H,72,83)(H,73,88)(H,74,86)(H,75,87)(H,77,89)(H3,65,66,67)(H2,76,78,90)/t41-,44+,45+,46+,47+,48-,49+,50+/m1/s1. The number of aliphatic imine (C=N–C) groups is 1. The number of phenolic OH excluding ortho intramolecular Hbond substituents is 1. The molecular weight excluding hydrogens is 1160 g/mol. The van der Waals surface area contributed by atoms with Crippen LogP contribution in [0.15, 0.2) is 121 Å². The molecule has 22 N–H and O–H groups in total. The third-order valence-electron chi connectivity index (χ3n) is 14.5. The molecule has 480 valence electrons. The Labute approximate surface area is 517 Å². The van der Waals surface area contributed by atoms with Crippen LogP contribution in [0, 0.1) is 5.92 Å². The zero-order valence-corrected chi connectivity index (χ0v) is 50.0. The number of rotatable bonds is 32. The van der Waals surface area contributed by atoms with Gasteiger partial charge in [0.25, 0.3) is 5.91 Å². The molecule has 0 saturated heterocycles. The summed E-state index contributed by atoms with van der Waals surface area (Å²) >= 11 is 0. The van der Waals surface area contributed by atoms with Crippen LogP contribution in [0.4, 0.5) is 4.79 Å². The number of guanidine groups is 1. The Kier molecular flexibility index (Phi) is 25.6. The van der Waals surface area contributed by atoms with Crippen LogP contribution in [0.5, 0.6) is 5.75 Å². The summed E-state index contributed by atoms with van der Waals surface area (Å²) in [5.74, 6) is -8.56. The van der Waals surface area contributed by atoms with Crippen LogP contribution in [0.3, 0.4) is 0 Å². The molecule has 0 aliphatic heterocycles. The Morgan fingerprint density at radius 1 is 0.522 bits per heavy atom. The second-order valence-corrected chi connectivity index (χ2v) is 21.9. The summed E-state index contributed by atoms with van der Waals surface area (Å²) in [6.07, 6.45) is 2.52. The number of aliphatic hydroxyl groups excluding tert-OH is 1. The van der Waals surface area contributed by atoms with E-state index in [1.807, 2.05) is 24.3 Å². The summed E-state index contributed by atoms with van der Waals surface area (Å²) in [5.41, 5.74) is 31.7. The number of carbonyl (C=O) groups is 10. The SMILES string of the molecule is CN=C(N)NCCC[C@H](NC(=O)[C@H](CC(C)C)NC(=O)NNC(=O)[C@H](Cc1ccccc1)NC(=O)[C@H](CO)NC(=O)[C@H](CC(N)=O)NC(=O)[C@@H](Cc1c[nH]c2ccccc12)NC(=O)[C@H](N)Cc1ccc(O)cc1)C(=O)N[C@@H](Cc1c[nH]c2ccccc12)C(N)=O. The number of fused-ring (bicyclic) bond motifs is 2. The molecule has 2 heterocycles. The number of primary amides is 2. The Hall–Kier alpha value is -10.6. The van der Waals surface area contributed by atoms with Crippen LogP contribution >= 0.6 is 0 Å². The number of hydrogen-bond acceptors (Lipinski definition) is 14. The van der Waals surface area contributed by atoms with Gasteiger partial charge < -0.3 is 85.6 Å². The molecule has 0 fully saturated rings. The number of nitrogens with zero attached hydrogens (tertiary/aromatic N) is 1. The molecule has 6 rings (SSSR count). The second-order valence-electron chi connectivity index (χ2n) is 21.9. The number of urea groups is 1. The number of aromatic nitrogens is 2. The highest BCUT2D eigenvalue weighted by atomic mass is 16.3. The number of para-hydroxylation sites is 2.